The summed E-state index contributed by atoms with van der Waals surface area (Å²) in [6.07, 6.45) is 2.16. The van der Waals surface area contributed by atoms with Crippen LogP contribution in [0.4, 0.5) is 0 Å². The molecular formula is C11H22N2O3S. The molecule has 0 aromatic rings. The summed E-state index contributed by atoms with van der Waals surface area (Å²) in [5.74, 6) is 1.00. The van der Waals surface area contributed by atoms with E-state index in [0.717, 1.165) is 32.5 Å². The van der Waals surface area contributed by atoms with E-state index in [1.807, 2.05) is 0 Å². The van der Waals surface area contributed by atoms with E-state index in [1.165, 1.54) is 0 Å². The van der Waals surface area contributed by atoms with Crippen molar-refractivity contribution in [3.05, 3.63) is 0 Å². The molecule has 0 radical (unpaired) electrons. The quantitative estimate of drug-likeness (QED) is 0.740. The van der Waals surface area contributed by atoms with Gasteiger partial charge < -0.3 is 10.5 Å². The van der Waals surface area contributed by atoms with Crippen LogP contribution >= 0.6 is 0 Å². The third-order valence-corrected chi connectivity index (χ3v) is 5.63. The lowest BCUT2D eigenvalue weighted by atomic mass is 9.96. The van der Waals surface area contributed by atoms with Crippen molar-refractivity contribution in [1.82, 2.24) is 4.90 Å². The van der Waals surface area contributed by atoms with E-state index >= 15 is 0 Å². The molecule has 2 rings (SSSR count). The lowest BCUT2D eigenvalue weighted by Crippen LogP contribution is -2.50. The van der Waals surface area contributed by atoms with Crippen LogP contribution in [0, 0.1) is 5.92 Å². The lowest BCUT2D eigenvalue weighted by molar-refractivity contribution is 0.0814. The predicted molar refractivity (Wildman–Crippen MR) is 66.6 cm³/mol. The fourth-order valence-corrected chi connectivity index (χ4v) is 4.84. The molecule has 2 N–H and O–H groups in total. The summed E-state index contributed by atoms with van der Waals surface area (Å²) in [4.78, 5) is 2.25. The van der Waals surface area contributed by atoms with Gasteiger partial charge in [-0.1, -0.05) is 0 Å². The molecule has 0 spiro atoms. The molecule has 5 nitrogen and oxygen atoms in total. The zero-order valence-corrected chi connectivity index (χ0v) is 11.2. The summed E-state index contributed by atoms with van der Waals surface area (Å²) in [6, 6.07) is -0.178. The Labute approximate surface area is 103 Å². The van der Waals surface area contributed by atoms with E-state index in [4.69, 9.17) is 10.5 Å². The highest BCUT2D eigenvalue weighted by molar-refractivity contribution is 7.91. The SMILES string of the molecule is COCC1CCN(C2CS(=O)(=O)CC2N)CC1. The molecule has 6 heteroatoms. The number of nitrogens with two attached hydrogens (primary N) is 1. The van der Waals surface area contributed by atoms with E-state index in [0.29, 0.717) is 5.92 Å². The highest BCUT2D eigenvalue weighted by Crippen LogP contribution is 2.24. The summed E-state index contributed by atoms with van der Waals surface area (Å²) in [5, 5.41) is 0. The summed E-state index contributed by atoms with van der Waals surface area (Å²) in [5.41, 5.74) is 5.93. The van der Waals surface area contributed by atoms with Gasteiger partial charge in [0.2, 0.25) is 0 Å². The molecular weight excluding hydrogens is 240 g/mol. The van der Waals surface area contributed by atoms with E-state index in [-0.39, 0.29) is 23.6 Å². The molecule has 2 aliphatic heterocycles. The number of nitrogens with zero attached hydrogens (tertiary/aromatic N) is 1. The Morgan fingerprint density at radius 1 is 1.29 bits per heavy atom. The van der Waals surface area contributed by atoms with E-state index in [2.05, 4.69) is 4.90 Å². The summed E-state index contributed by atoms with van der Waals surface area (Å²) in [7, 11) is -1.18. The Morgan fingerprint density at radius 2 is 1.94 bits per heavy atom. The number of methoxy groups -OCH3 is 1. The van der Waals surface area contributed by atoms with Crippen molar-refractivity contribution in [2.75, 3.05) is 38.3 Å². The number of sulfone groups is 1. The minimum Gasteiger partial charge on any atom is -0.384 e. The van der Waals surface area contributed by atoms with Gasteiger partial charge in [0.05, 0.1) is 11.5 Å². The molecule has 2 fully saturated rings. The highest BCUT2D eigenvalue weighted by Gasteiger charge is 2.39. The molecule has 0 bridgehead atoms. The van der Waals surface area contributed by atoms with Crippen LogP contribution in [-0.4, -0.2) is 63.7 Å². The van der Waals surface area contributed by atoms with Gasteiger partial charge >= 0.3 is 0 Å². The molecule has 2 heterocycles. The van der Waals surface area contributed by atoms with E-state index in [1.54, 1.807) is 7.11 Å². The Morgan fingerprint density at radius 3 is 2.41 bits per heavy atom. The standard InChI is InChI=1S/C11H22N2O3S/c1-16-6-9-2-4-13(5-3-9)11-8-17(14,15)7-10(11)12/h9-11H,2-8,12H2,1H3. The third-order valence-electron chi connectivity index (χ3n) is 3.89. The van der Waals surface area contributed by atoms with Crippen LogP contribution in [-0.2, 0) is 14.6 Å². The molecule has 0 aromatic heterocycles. The average Bonchev–Trinajstić information content (AvgIpc) is 2.54. The molecule has 2 aliphatic rings. The molecule has 0 aromatic carbocycles. The van der Waals surface area contributed by atoms with Gasteiger partial charge in [-0.2, -0.15) is 0 Å². The van der Waals surface area contributed by atoms with Crippen molar-refractivity contribution in [3.8, 4) is 0 Å². The van der Waals surface area contributed by atoms with Crippen LogP contribution in [0.5, 0.6) is 0 Å². The van der Waals surface area contributed by atoms with Crippen molar-refractivity contribution in [3.63, 3.8) is 0 Å². The largest absolute Gasteiger partial charge is 0.384 e. The maximum Gasteiger partial charge on any atom is 0.153 e. The van der Waals surface area contributed by atoms with Crippen molar-refractivity contribution < 1.29 is 13.2 Å². The van der Waals surface area contributed by atoms with Crippen LogP contribution < -0.4 is 5.73 Å². The summed E-state index contributed by atoms with van der Waals surface area (Å²) < 4.78 is 28.2. The second-order valence-electron chi connectivity index (χ2n) is 5.24. The lowest BCUT2D eigenvalue weighted by Gasteiger charge is -2.36. The Hall–Kier alpha value is -0.170. The van der Waals surface area contributed by atoms with Crippen molar-refractivity contribution in [1.29, 1.82) is 0 Å². The summed E-state index contributed by atoms with van der Waals surface area (Å²) >= 11 is 0. The normalized spacial score (nSPS) is 35.2. The van der Waals surface area contributed by atoms with Crippen LogP contribution in [0.2, 0.25) is 0 Å². The minimum absolute atomic E-state index is 0.0310. The third kappa shape index (κ3) is 3.19. The number of hydrogen-bond donors (Lipinski definition) is 1. The first-order valence-corrected chi connectivity index (χ1v) is 8.03. The number of ether oxygens (including phenoxy) is 1. The van der Waals surface area contributed by atoms with Gasteiger partial charge in [-0.3, -0.25) is 4.90 Å². The smallest absolute Gasteiger partial charge is 0.153 e. The average molecular weight is 262 g/mol. The molecule has 0 aliphatic carbocycles. The van der Waals surface area contributed by atoms with Crippen LogP contribution in [0.3, 0.4) is 0 Å². The molecule has 0 saturated carbocycles. The van der Waals surface area contributed by atoms with Crippen molar-refractivity contribution >= 4 is 9.84 Å². The number of hydrogen-bond acceptors (Lipinski definition) is 5. The molecule has 17 heavy (non-hydrogen) atoms. The first-order chi connectivity index (χ1) is 8.02. The second-order valence-corrected chi connectivity index (χ2v) is 7.40. The number of likely N-dealkylation sites (tertiary alicyclic amines) is 1. The predicted octanol–water partition coefficient (Wildman–Crippen LogP) is -0.531. The van der Waals surface area contributed by atoms with Crippen LogP contribution in [0.1, 0.15) is 12.8 Å². The van der Waals surface area contributed by atoms with Gasteiger partial charge in [0, 0.05) is 25.8 Å². The molecule has 0 amide bonds. The molecule has 2 atom stereocenters. The van der Waals surface area contributed by atoms with Gasteiger partial charge in [-0.25, -0.2) is 8.42 Å². The van der Waals surface area contributed by atoms with E-state index < -0.39 is 9.84 Å². The zero-order valence-electron chi connectivity index (χ0n) is 10.3. The van der Waals surface area contributed by atoms with Gasteiger partial charge in [0.25, 0.3) is 0 Å². The number of piperidine rings is 1. The molecule has 2 saturated heterocycles. The van der Waals surface area contributed by atoms with Gasteiger partial charge in [0.15, 0.2) is 9.84 Å². The minimum atomic E-state index is -2.91. The Kier molecular flexibility index (Phi) is 4.07. The van der Waals surface area contributed by atoms with Gasteiger partial charge in [-0.05, 0) is 31.8 Å². The first-order valence-electron chi connectivity index (χ1n) is 6.21. The number of rotatable bonds is 3. The van der Waals surface area contributed by atoms with Crippen LogP contribution in [0.15, 0.2) is 0 Å². The molecule has 100 valence electrons. The van der Waals surface area contributed by atoms with Gasteiger partial charge in [0.1, 0.15) is 0 Å². The zero-order chi connectivity index (χ0) is 12.5. The monoisotopic (exact) mass is 262 g/mol. The maximum absolute atomic E-state index is 11.5. The first kappa shape index (κ1) is 13.3. The van der Waals surface area contributed by atoms with E-state index in [9.17, 15) is 8.42 Å². The van der Waals surface area contributed by atoms with Crippen molar-refractivity contribution in [2.24, 2.45) is 11.7 Å². The van der Waals surface area contributed by atoms with Gasteiger partial charge in [-0.15, -0.1) is 0 Å². The highest BCUT2D eigenvalue weighted by atomic mass is 32.2. The molecule has 2 unspecified atom stereocenters. The second kappa shape index (κ2) is 5.22. The Balaban J connectivity index is 1.89. The van der Waals surface area contributed by atoms with Crippen LogP contribution in [0.25, 0.3) is 0 Å². The fraction of sp³-hybridized carbons (Fsp3) is 1.00. The Bertz CT molecular complexity index is 350. The fourth-order valence-electron chi connectivity index (χ4n) is 2.92. The van der Waals surface area contributed by atoms with Crippen molar-refractivity contribution in [2.45, 2.75) is 24.9 Å². The maximum atomic E-state index is 11.5. The topological polar surface area (TPSA) is 72.6 Å². The summed E-state index contributed by atoms with van der Waals surface area (Å²) in [6.45, 7) is 2.70.